The predicted octanol–water partition coefficient (Wildman–Crippen LogP) is 5.42. The molecule has 2 aromatic carbocycles. The Morgan fingerprint density at radius 1 is 1.16 bits per heavy atom. The molecule has 0 saturated heterocycles. The summed E-state index contributed by atoms with van der Waals surface area (Å²) in [5, 5.41) is 3.19. The first-order valence-electron chi connectivity index (χ1n) is 10.1. The van der Waals surface area contributed by atoms with Crippen LogP contribution in [0.4, 0.5) is 5.69 Å². The number of rotatable bonds is 4. The molecular weight excluding hydrogens is 432 g/mol. The first-order chi connectivity index (χ1) is 14.8. The summed E-state index contributed by atoms with van der Waals surface area (Å²) in [6, 6.07) is 14.8. The van der Waals surface area contributed by atoms with Gasteiger partial charge in [-0.25, -0.2) is 0 Å². The quantitative estimate of drug-likeness (QED) is 0.572. The number of halogens is 1. The van der Waals surface area contributed by atoms with Gasteiger partial charge in [0.1, 0.15) is 5.75 Å². The highest BCUT2D eigenvalue weighted by Gasteiger charge is 2.24. The Bertz CT molecular complexity index is 1160. The van der Waals surface area contributed by atoms with Crippen LogP contribution in [0.2, 0.25) is 5.02 Å². The van der Waals surface area contributed by atoms with Crippen molar-refractivity contribution < 1.29 is 14.3 Å². The van der Waals surface area contributed by atoms with Gasteiger partial charge in [-0.3, -0.25) is 9.59 Å². The van der Waals surface area contributed by atoms with E-state index in [-0.39, 0.29) is 17.9 Å². The normalized spacial score (nSPS) is 12.4. The van der Waals surface area contributed by atoms with Crippen molar-refractivity contribution in [1.29, 1.82) is 0 Å². The molecule has 0 bridgehead atoms. The second-order valence-electron chi connectivity index (χ2n) is 7.72. The van der Waals surface area contributed by atoms with Crippen molar-refractivity contribution in [2.24, 2.45) is 0 Å². The van der Waals surface area contributed by atoms with Gasteiger partial charge in [-0.1, -0.05) is 23.7 Å². The number of carbonyl (C=O) groups excluding carboxylic acids is 2. The highest BCUT2D eigenvalue weighted by molar-refractivity contribution is 7.17. The lowest BCUT2D eigenvalue weighted by atomic mass is 10.1. The highest BCUT2D eigenvalue weighted by atomic mass is 35.5. The van der Waals surface area contributed by atoms with Crippen LogP contribution < -0.4 is 15.0 Å². The molecule has 2 heterocycles. The summed E-state index contributed by atoms with van der Waals surface area (Å²) in [4.78, 5) is 28.7. The van der Waals surface area contributed by atoms with Gasteiger partial charge in [-0.15, -0.1) is 11.3 Å². The van der Waals surface area contributed by atoms with Crippen LogP contribution >= 0.6 is 22.9 Å². The van der Waals surface area contributed by atoms with Crippen molar-refractivity contribution >= 4 is 40.4 Å². The molecule has 5 nitrogen and oxygen atoms in total. The zero-order chi connectivity index (χ0) is 22.1. The number of fused-ring (bicyclic) bond motifs is 3. The molecule has 7 heteroatoms. The summed E-state index contributed by atoms with van der Waals surface area (Å²) in [5.41, 5.74) is 3.14. The van der Waals surface area contributed by atoms with Gasteiger partial charge in [0, 0.05) is 35.5 Å². The Balaban J connectivity index is 1.61. The van der Waals surface area contributed by atoms with E-state index in [0.717, 1.165) is 28.2 Å². The fourth-order valence-corrected chi connectivity index (χ4v) is 5.06. The lowest BCUT2D eigenvalue weighted by Crippen LogP contribution is -2.30. The predicted molar refractivity (Wildman–Crippen MR) is 126 cm³/mol. The molecule has 1 aromatic heterocycles. The second-order valence-corrected chi connectivity index (χ2v) is 9.18. The highest BCUT2D eigenvalue weighted by Crippen LogP contribution is 2.41. The standard InChI is InChI=1S/C24H23ClN2O3S/c1-14(2)26-23(28)16-8-9-19(18(25)12-16)27(3)24(29)21-13-15-10-11-30-20-7-5-4-6-17(20)22(15)31-21/h4-9,12-14H,10-11H2,1-3H3,(H,26,28). The van der Waals surface area contributed by atoms with E-state index >= 15 is 0 Å². The van der Waals surface area contributed by atoms with Crippen LogP contribution in [-0.4, -0.2) is 31.5 Å². The number of hydrogen-bond acceptors (Lipinski definition) is 4. The van der Waals surface area contributed by atoms with E-state index in [2.05, 4.69) is 5.32 Å². The molecule has 0 atom stereocenters. The number of nitrogens with one attached hydrogen (secondary N) is 1. The maximum absolute atomic E-state index is 13.2. The van der Waals surface area contributed by atoms with Crippen LogP contribution in [0.5, 0.6) is 5.75 Å². The minimum Gasteiger partial charge on any atom is -0.493 e. The molecule has 1 aliphatic heterocycles. The molecule has 0 unspecified atom stereocenters. The molecule has 0 aliphatic carbocycles. The van der Waals surface area contributed by atoms with Gasteiger partial charge in [-0.2, -0.15) is 0 Å². The van der Waals surface area contributed by atoms with Gasteiger partial charge in [0.15, 0.2) is 0 Å². The lowest BCUT2D eigenvalue weighted by molar-refractivity contribution is 0.0942. The van der Waals surface area contributed by atoms with E-state index < -0.39 is 0 Å². The van der Waals surface area contributed by atoms with Gasteiger partial charge in [0.25, 0.3) is 11.8 Å². The van der Waals surface area contributed by atoms with Crippen molar-refractivity contribution in [3.05, 3.63) is 69.6 Å². The number of hydrogen-bond donors (Lipinski definition) is 1. The Morgan fingerprint density at radius 2 is 1.94 bits per heavy atom. The van der Waals surface area contributed by atoms with Crippen LogP contribution in [0.3, 0.4) is 0 Å². The van der Waals surface area contributed by atoms with Gasteiger partial charge < -0.3 is 15.0 Å². The number of amides is 2. The minimum atomic E-state index is -0.194. The van der Waals surface area contributed by atoms with E-state index in [4.69, 9.17) is 16.3 Å². The first kappa shape index (κ1) is 21.4. The molecule has 0 radical (unpaired) electrons. The number of benzene rings is 2. The molecule has 1 aliphatic rings. The number of ether oxygens (including phenoxy) is 1. The van der Waals surface area contributed by atoms with E-state index in [9.17, 15) is 9.59 Å². The first-order valence-corrected chi connectivity index (χ1v) is 11.3. The van der Waals surface area contributed by atoms with Crippen molar-refractivity contribution in [3.8, 4) is 16.2 Å². The molecule has 4 rings (SSSR count). The number of nitrogens with zero attached hydrogens (tertiary/aromatic N) is 1. The molecule has 1 N–H and O–H groups in total. The maximum Gasteiger partial charge on any atom is 0.268 e. The summed E-state index contributed by atoms with van der Waals surface area (Å²) < 4.78 is 5.84. The van der Waals surface area contributed by atoms with Gasteiger partial charge in [0.2, 0.25) is 0 Å². The Hall–Kier alpha value is -2.83. The van der Waals surface area contributed by atoms with Crippen molar-refractivity contribution in [2.45, 2.75) is 26.3 Å². The molecule has 0 spiro atoms. The largest absolute Gasteiger partial charge is 0.493 e. The van der Waals surface area contributed by atoms with Crippen molar-refractivity contribution in [1.82, 2.24) is 5.32 Å². The molecule has 2 amide bonds. The van der Waals surface area contributed by atoms with E-state index in [1.807, 2.05) is 44.2 Å². The van der Waals surface area contributed by atoms with Crippen molar-refractivity contribution in [2.75, 3.05) is 18.6 Å². The SMILES string of the molecule is CC(C)NC(=O)c1ccc(N(C)C(=O)c2cc3c(s2)-c2ccccc2OCC3)c(Cl)c1. The molecule has 0 saturated carbocycles. The Kier molecular flexibility index (Phi) is 6.03. The molecule has 3 aromatic rings. The summed E-state index contributed by atoms with van der Waals surface area (Å²) in [6.45, 7) is 4.37. The van der Waals surface area contributed by atoms with Crippen molar-refractivity contribution in [3.63, 3.8) is 0 Å². The van der Waals surface area contributed by atoms with Gasteiger partial charge in [0.05, 0.1) is 22.2 Å². The zero-order valence-electron chi connectivity index (χ0n) is 17.6. The second kappa shape index (κ2) is 8.73. The van der Waals surface area contributed by atoms with Crippen LogP contribution in [-0.2, 0) is 6.42 Å². The summed E-state index contributed by atoms with van der Waals surface area (Å²) >= 11 is 7.90. The topological polar surface area (TPSA) is 58.6 Å². The van der Waals surface area contributed by atoms with Gasteiger partial charge >= 0.3 is 0 Å². The molecular formula is C24H23ClN2O3S. The number of carbonyl (C=O) groups is 2. The number of para-hydroxylation sites is 1. The minimum absolute atomic E-state index is 0.0276. The molecule has 0 fully saturated rings. The average molecular weight is 455 g/mol. The van der Waals surface area contributed by atoms with Crippen LogP contribution in [0.1, 0.15) is 39.4 Å². The monoisotopic (exact) mass is 454 g/mol. The molecule has 160 valence electrons. The fourth-order valence-electron chi connectivity index (χ4n) is 3.54. The number of thiophene rings is 1. The summed E-state index contributed by atoms with van der Waals surface area (Å²) in [5.74, 6) is 0.506. The third kappa shape index (κ3) is 4.31. The zero-order valence-corrected chi connectivity index (χ0v) is 19.1. The fraction of sp³-hybridized carbons (Fsp3) is 0.250. The molecule has 31 heavy (non-hydrogen) atoms. The van der Waals surface area contributed by atoms with E-state index in [0.29, 0.717) is 27.8 Å². The Labute approximate surface area is 190 Å². The van der Waals surface area contributed by atoms with Crippen LogP contribution in [0, 0.1) is 0 Å². The maximum atomic E-state index is 13.2. The summed E-state index contributed by atoms with van der Waals surface area (Å²) in [7, 11) is 1.69. The average Bonchev–Trinajstić information content (AvgIpc) is 3.08. The lowest BCUT2D eigenvalue weighted by Gasteiger charge is -2.19. The van der Waals surface area contributed by atoms with Crippen LogP contribution in [0.15, 0.2) is 48.5 Å². The third-order valence-electron chi connectivity index (χ3n) is 5.08. The smallest absolute Gasteiger partial charge is 0.268 e. The van der Waals surface area contributed by atoms with Gasteiger partial charge in [-0.05, 0) is 55.8 Å². The number of anilines is 1. The third-order valence-corrected chi connectivity index (χ3v) is 6.58. The van der Waals surface area contributed by atoms with Crippen LogP contribution in [0.25, 0.3) is 10.4 Å². The summed E-state index contributed by atoms with van der Waals surface area (Å²) in [6.07, 6.45) is 0.748. The van der Waals surface area contributed by atoms with E-state index in [1.165, 1.54) is 16.2 Å². The van der Waals surface area contributed by atoms with E-state index in [1.54, 1.807) is 25.2 Å². The Morgan fingerprint density at radius 3 is 2.68 bits per heavy atom.